The molecule has 0 radical (unpaired) electrons. The number of quaternary nitrogens is 1. The quantitative estimate of drug-likeness (QED) is 0.111. The topological polar surface area (TPSA) is 132 Å². The van der Waals surface area contributed by atoms with Crippen molar-refractivity contribution in [1.82, 2.24) is 0 Å². The van der Waals surface area contributed by atoms with Gasteiger partial charge < -0.3 is 29.1 Å². The van der Waals surface area contributed by atoms with Crippen molar-refractivity contribution in [3.63, 3.8) is 0 Å². The molecule has 10 nitrogen and oxygen atoms in total. The molecule has 0 saturated carbocycles. The lowest BCUT2D eigenvalue weighted by Gasteiger charge is -2.34. The number of likely N-dealkylation sites (N-methyl/N-ethyl adjacent to an activating group) is 1. The number of phosphoric ester groups is 1. The van der Waals surface area contributed by atoms with E-state index in [2.05, 4.69) is 6.92 Å². The SMILES string of the molecule is CCCCCCOc1cccc(OCCCCOP(=O)(O)O[C@H](CC(=O)O)C(O)[N+](C)(C)C)c1. The third-order valence-electron chi connectivity index (χ3n) is 4.90. The number of aliphatic hydroxyl groups is 1. The third kappa shape index (κ3) is 13.3. The summed E-state index contributed by atoms with van der Waals surface area (Å²) in [6.07, 6.45) is 2.16. The molecule has 0 fully saturated rings. The number of nitrogens with zero attached hydrogens (tertiary/aromatic N) is 1. The number of aliphatic carboxylic acids is 1. The average molecular weight is 507 g/mol. The van der Waals surface area contributed by atoms with Crippen LogP contribution in [0.3, 0.4) is 0 Å². The van der Waals surface area contributed by atoms with Gasteiger partial charge in [-0.1, -0.05) is 32.3 Å². The van der Waals surface area contributed by atoms with Gasteiger partial charge in [-0.25, -0.2) is 4.57 Å². The lowest BCUT2D eigenvalue weighted by molar-refractivity contribution is -0.922. The van der Waals surface area contributed by atoms with Crippen molar-refractivity contribution < 1.29 is 47.5 Å². The molecule has 0 aliphatic rings. The van der Waals surface area contributed by atoms with Crippen LogP contribution >= 0.6 is 7.82 Å². The number of phosphoric acid groups is 1. The zero-order valence-corrected chi connectivity index (χ0v) is 21.6. The first-order valence-electron chi connectivity index (χ1n) is 11.7. The van der Waals surface area contributed by atoms with E-state index < -0.39 is 32.5 Å². The number of aliphatic hydroxyl groups excluding tert-OH is 1. The zero-order valence-electron chi connectivity index (χ0n) is 20.7. The number of carboxylic acids is 1. The van der Waals surface area contributed by atoms with Gasteiger partial charge in [0.15, 0.2) is 6.10 Å². The van der Waals surface area contributed by atoms with Gasteiger partial charge in [0.05, 0.1) is 47.4 Å². The number of benzene rings is 1. The fourth-order valence-corrected chi connectivity index (χ4v) is 3.96. The van der Waals surface area contributed by atoms with Crippen LogP contribution in [0, 0.1) is 0 Å². The monoisotopic (exact) mass is 506 g/mol. The van der Waals surface area contributed by atoms with Gasteiger partial charge in [0.25, 0.3) is 0 Å². The Labute approximate surface area is 202 Å². The Bertz CT molecular complexity index is 769. The Hall–Kier alpha value is -1.68. The first-order valence-corrected chi connectivity index (χ1v) is 13.2. The lowest BCUT2D eigenvalue weighted by Crippen LogP contribution is -2.52. The number of carboxylic acid groups (broad SMARTS) is 1. The Morgan fingerprint density at radius 2 is 1.56 bits per heavy atom. The molecule has 0 heterocycles. The number of hydrogen-bond acceptors (Lipinski definition) is 7. The standard InChI is InChI=1S/C23H40NO9P/c1-5-6-7-8-14-30-19-12-11-13-20(17-19)31-15-9-10-16-32-34(28,29)33-21(18-22(25)26)23(27)24(2,3)4/h11-13,17,21,23,27H,5-10,14-16,18H2,1-4H3,(H-,25,26,28,29)/p+1/t21-,23?/m1/s1. The maximum absolute atomic E-state index is 12.2. The molecule has 0 aromatic heterocycles. The highest BCUT2D eigenvalue weighted by atomic mass is 31.2. The maximum Gasteiger partial charge on any atom is 0.472 e. The average Bonchev–Trinajstić information content (AvgIpc) is 2.74. The summed E-state index contributed by atoms with van der Waals surface area (Å²) in [7, 11) is 0.287. The molecular weight excluding hydrogens is 465 g/mol. The second kappa shape index (κ2) is 15.3. The molecule has 0 bridgehead atoms. The summed E-state index contributed by atoms with van der Waals surface area (Å²) in [6, 6.07) is 7.40. The molecule has 2 unspecified atom stereocenters. The molecule has 0 spiro atoms. The summed E-state index contributed by atoms with van der Waals surface area (Å²) in [4.78, 5) is 21.0. The molecule has 1 aromatic rings. The van der Waals surface area contributed by atoms with Crippen LogP contribution in [-0.4, -0.2) is 78.9 Å². The van der Waals surface area contributed by atoms with Crippen LogP contribution in [0.4, 0.5) is 0 Å². The molecule has 34 heavy (non-hydrogen) atoms. The Morgan fingerprint density at radius 3 is 2.09 bits per heavy atom. The predicted octanol–water partition coefficient (Wildman–Crippen LogP) is 3.81. The summed E-state index contributed by atoms with van der Waals surface area (Å²) in [5.74, 6) is 0.164. The molecule has 11 heteroatoms. The lowest BCUT2D eigenvalue weighted by atomic mass is 10.2. The van der Waals surface area contributed by atoms with Crippen molar-refractivity contribution in [1.29, 1.82) is 0 Å². The van der Waals surface area contributed by atoms with Crippen LogP contribution < -0.4 is 9.47 Å². The van der Waals surface area contributed by atoms with Crippen molar-refractivity contribution in [3.05, 3.63) is 24.3 Å². The number of hydrogen-bond donors (Lipinski definition) is 3. The Morgan fingerprint density at radius 1 is 1.00 bits per heavy atom. The number of rotatable bonds is 19. The first kappa shape index (κ1) is 30.4. The number of carbonyl (C=O) groups is 1. The number of unbranched alkanes of at least 4 members (excludes halogenated alkanes) is 4. The van der Waals surface area contributed by atoms with Crippen LogP contribution in [0.15, 0.2) is 24.3 Å². The number of ether oxygens (including phenoxy) is 2. The summed E-state index contributed by atoms with van der Waals surface area (Å²) >= 11 is 0. The minimum absolute atomic E-state index is 0.0691. The van der Waals surface area contributed by atoms with Gasteiger partial charge in [-0.15, -0.1) is 0 Å². The zero-order chi connectivity index (χ0) is 25.6. The third-order valence-corrected chi connectivity index (χ3v) is 5.95. The largest absolute Gasteiger partial charge is 0.493 e. The molecule has 0 aliphatic heterocycles. The van der Waals surface area contributed by atoms with Crippen molar-refractivity contribution >= 4 is 13.8 Å². The van der Waals surface area contributed by atoms with Gasteiger partial charge in [-0.3, -0.25) is 13.8 Å². The molecule has 1 rings (SSSR count). The second-order valence-electron chi connectivity index (χ2n) is 9.01. The minimum Gasteiger partial charge on any atom is -0.493 e. The fraction of sp³-hybridized carbons (Fsp3) is 0.696. The highest BCUT2D eigenvalue weighted by Gasteiger charge is 2.39. The van der Waals surface area contributed by atoms with Crippen molar-refractivity contribution in [2.45, 2.75) is 64.2 Å². The van der Waals surface area contributed by atoms with Crippen LogP contribution in [0.25, 0.3) is 0 Å². The van der Waals surface area contributed by atoms with E-state index in [1.165, 1.54) is 12.8 Å². The van der Waals surface area contributed by atoms with E-state index in [1.807, 2.05) is 24.3 Å². The van der Waals surface area contributed by atoms with Crippen molar-refractivity contribution in [2.75, 3.05) is 41.0 Å². The normalized spacial score (nSPS) is 15.4. The molecule has 3 atom stereocenters. The van der Waals surface area contributed by atoms with Crippen LogP contribution in [0.5, 0.6) is 11.5 Å². The predicted molar refractivity (Wildman–Crippen MR) is 128 cm³/mol. The molecule has 0 saturated heterocycles. The highest BCUT2D eigenvalue weighted by Crippen LogP contribution is 2.46. The van der Waals surface area contributed by atoms with Crippen molar-refractivity contribution in [2.24, 2.45) is 0 Å². The molecule has 3 N–H and O–H groups in total. The molecule has 1 aromatic carbocycles. The second-order valence-corrected chi connectivity index (χ2v) is 10.4. The minimum atomic E-state index is -4.55. The summed E-state index contributed by atoms with van der Waals surface area (Å²) in [6.45, 7) is 3.13. The maximum atomic E-state index is 12.2. The van der Waals surface area contributed by atoms with E-state index in [9.17, 15) is 19.4 Å². The first-order chi connectivity index (χ1) is 15.9. The van der Waals surface area contributed by atoms with E-state index >= 15 is 0 Å². The van der Waals surface area contributed by atoms with E-state index in [0.717, 1.165) is 18.6 Å². The summed E-state index contributed by atoms with van der Waals surface area (Å²) in [5, 5.41) is 19.3. The van der Waals surface area contributed by atoms with E-state index in [0.29, 0.717) is 31.8 Å². The summed E-state index contributed by atoms with van der Waals surface area (Å²) in [5.41, 5.74) is 0. The van der Waals surface area contributed by atoms with Gasteiger partial charge in [0.2, 0.25) is 6.23 Å². The summed E-state index contributed by atoms with van der Waals surface area (Å²) < 4.78 is 33.5. The Kier molecular flexibility index (Phi) is 13.7. The molecule has 0 aliphatic carbocycles. The Balaban J connectivity index is 2.36. The van der Waals surface area contributed by atoms with E-state index in [4.69, 9.17) is 23.6 Å². The smallest absolute Gasteiger partial charge is 0.472 e. The van der Waals surface area contributed by atoms with Crippen molar-refractivity contribution in [3.8, 4) is 11.5 Å². The van der Waals surface area contributed by atoms with Gasteiger partial charge >= 0.3 is 13.8 Å². The van der Waals surface area contributed by atoms with Gasteiger partial charge in [0.1, 0.15) is 11.5 Å². The van der Waals surface area contributed by atoms with Crippen LogP contribution in [0.2, 0.25) is 0 Å². The van der Waals surface area contributed by atoms with Crippen LogP contribution in [-0.2, 0) is 18.4 Å². The molecule has 0 amide bonds. The van der Waals surface area contributed by atoms with E-state index in [1.54, 1.807) is 21.1 Å². The fourth-order valence-electron chi connectivity index (χ4n) is 3.02. The molecule has 196 valence electrons. The van der Waals surface area contributed by atoms with Gasteiger partial charge in [0, 0.05) is 6.07 Å². The van der Waals surface area contributed by atoms with E-state index in [-0.39, 0.29) is 11.1 Å². The van der Waals surface area contributed by atoms with Gasteiger partial charge in [-0.2, -0.15) is 0 Å². The highest BCUT2D eigenvalue weighted by molar-refractivity contribution is 7.47. The molecular formula is C23H41NO9P+. The van der Waals surface area contributed by atoms with Gasteiger partial charge in [-0.05, 0) is 31.4 Å². The van der Waals surface area contributed by atoms with Crippen LogP contribution in [0.1, 0.15) is 51.9 Å².